The maximum atomic E-state index is 7.23. The Hall–Kier alpha value is -7.44. The molecule has 0 bridgehead atoms. The summed E-state index contributed by atoms with van der Waals surface area (Å²) in [4.78, 5) is 10.8. The van der Waals surface area contributed by atoms with E-state index in [0.29, 0.717) is 5.96 Å². The van der Waals surface area contributed by atoms with Gasteiger partial charge in [0, 0.05) is 38.9 Å². The molecule has 9 aromatic rings. The van der Waals surface area contributed by atoms with Crippen LogP contribution in [0, 0.1) is 0 Å². The predicted molar refractivity (Wildman–Crippen MR) is 231 cm³/mol. The van der Waals surface area contributed by atoms with Crippen molar-refractivity contribution >= 4 is 50.6 Å². The van der Waals surface area contributed by atoms with E-state index < -0.39 is 6.17 Å². The van der Waals surface area contributed by atoms with Gasteiger partial charge in [0.2, 0.25) is 5.96 Å². The third kappa shape index (κ3) is 4.90. The van der Waals surface area contributed by atoms with Crippen molar-refractivity contribution in [2.75, 3.05) is 0 Å². The maximum Gasteiger partial charge on any atom is 0.211 e. The lowest BCUT2D eigenvalue weighted by molar-refractivity contribution is 0.224. The standard InChI is InChI=1S/C51H35N5O/c1-3-15-32(16-4-1)33-17-13-18-34(31-33)49-52-50(54-51(53-49)56-42-26-10-7-21-36(42)37-22-8-11-27-43(37)56)41-25-14-24-38-39-29-30-45-46(48(39)57-47(38)41)40-23-9-12-28-44(40)55(45)35-19-5-2-6-20-35/h1-31,39,48-49H,(H,52,53,54). The van der Waals surface area contributed by atoms with E-state index in [0.717, 1.165) is 61.8 Å². The lowest BCUT2D eigenvalue weighted by atomic mass is 9.85. The SMILES string of the molecule is C1=CC2c3cccc(C4=NC(c5cccc(-c6ccccc6)c5)N=C(n5c6ccccc6c6ccccc65)N4)c3OC2c2c1n(-c1ccccc1)c1ccccc21. The second-order valence-corrected chi connectivity index (χ2v) is 14.9. The van der Waals surface area contributed by atoms with Crippen molar-refractivity contribution in [1.82, 2.24) is 14.5 Å². The van der Waals surface area contributed by atoms with Gasteiger partial charge in [-0.2, -0.15) is 0 Å². The summed E-state index contributed by atoms with van der Waals surface area (Å²) < 4.78 is 11.8. The van der Waals surface area contributed by atoms with Gasteiger partial charge in [0.15, 0.2) is 6.17 Å². The van der Waals surface area contributed by atoms with Crippen molar-refractivity contribution in [1.29, 1.82) is 0 Å². The molecule has 0 saturated carbocycles. The Bertz CT molecular complexity index is 3100. The van der Waals surface area contributed by atoms with Crippen molar-refractivity contribution in [3.8, 4) is 22.6 Å². The summed E-state index contributed by atoms with van der Waals surface area (Å²) in [5, 5.41) is 7.31. The van der Waals surface area contributed by atoms with E-state index in [1.54, 1.807) is 0 Å². The number of hydrogen-bond donors (Lipinski definition) is 1. The van der Waals surface area contributed by atoms with Crippen molar-refractivity contribution in [3.05, 3.63) is 210 Å². The topological polar surface area (TPSA) is 55.8 Å². The van der Waals surface area contributed by atoms with Crippen LogP contribution in [-0.4, -0.2) is 20.9 Å². The molecule has 57 heavy (non-hydrogen) atoms. The van der Waals surface area contributed by atoms with Gasteiger partial charge in [0.25, 0.3) is 0 Å². The number of fused-ring (bicyclic) bond motifs is 10. The van der Waals surface area contributed by atoms with Gasteiger partial charge in [-0.3, -0.25) is 4.57 Å². The van der Waals surface area contributed by atoms with Crippen molar-refractivity contribution in [2.24, 2.45) is 9.98 Å². The fraction of sp³-hybridized carbons (Fsp3) is 0.0588. The Morgan fingerprint density at radius 3 is 1.93 bits per heavy atom. The summed E-state index contributed by atoms with van der Waals surface area (Å²) in [5.74, 6) is 2.35. The minimum absolute atomic E-state index is 0.0514. The van der Waals surface area contributed by atoms with Crippen molar-refractivity contribution in [2.45, 2.75) is 18.2 Å². The van der Waals surface area contributed by atoms with Crippen LogP contribution in [0.5, 0.6) is 5.75 Å². The summed E-state index contributed by atoms with van der Waals surface area (Å²) >= 11 is 0. The average molecular weight is 734 g/mol. The van der Waals surface area contributed by atoms with Gasteiger partial charge in [-0.05, 0) is 65.2 Å². The summed E-state index contributed by atoms with van der Waals surface area (Å²) in [6.07, 6.45) is 3.91. The van der Waals surface area contributed by atoms with Gasteiger partial charge in [-0.25, -0.2) is 9.98 Å². The number of nitrogens with zero attached hydrogens (tertiary/aromatic N) is 4. The minimum atomic E-state index is -0.505. The third-order valence-electron chi connectivity index (χ3n) is 11.8. The molecule has 2 aliphatic heterocycles. The normalized spacial score (nSPS) is 18.1. The van der Waals surface area contributed by atoms with E-state index in [9.17, 15) is 0 Å². The molecular formula is C51H35N5O. The second kappa shape index (κ2) is 12.5. The molecule has 4 heterocycles. The highest BCUT2D eigenvalue weighted by atomic mass is 16.5. The van der Waals surface area contributed by atoms with Gasteiger partial charge in [0.1, 0.15) is 17.7 Å². The van der Waals surface area contributed by atoms with Gasteiger partial charge < -0.3 is 14.6 Å². The Morgan fingerprint density at radius 2 is 1.18 bits per heavy atom. The molecule has 12 rings (SSSR count). The Balaban J connectivity index is 1.02. The molecule has 2 aromatic heterocycles. The Morgan fingerprint density at radius 1 is 0.544 bits per heavy atom. The lowest BCUT2D eigenvalue weighted by Crippen LogP contribution is -2.39. The summed E-state index contributed by atoms with van der Waals surface area (Å²) in [6.45, 7) is 0. The van der Waals surface area contributed by atoms with Gasteiger partial charge >= 0.3 is 0 Å². The number of aromatic nitrogens is 2. The smallest absolute Gasteiger partial charge is 0.211 e. The first kappa shape index (κ1) is 31.9. The number of nitrogens with one attached hydrogen (secondary N) is 1. The van der Waals surface area contributed by atoms with E-state index in [1.807, 2.05) is 6.07 Å². The zero-order valence-electron chi connectivity index (χ0n) is 30.8. The molecule has 6 heteroatoms. The molecule has 3 unspecified atom stereocenters. The average Bonchev–Trinajstić information content (AvgIpc) is 3.95. The van der Waals surface area contributed by atoms with Crippen LogP contribution in [0.2, 0.25) is 0 Å². The number of rotatable bonds is 4. The predicted octanol–water partition coefficient (Wildman–Crippen LogP) is 11.6. The van der Waals surface area contributed by atoms with Crippen molar-refractivity contribution in [3.63, 3.8) is 0 Å². The number of para-hydroxylation sites is 5. The summed E-state index contributed by atoms with van der Waals surface area (Å²) in [6, 6.07) is 61.9. The van der Waals surface area contributed by atoms with E-state index in [2.05, 4.69) is 196 Å². The zero-order valence-corrected chi connectivity index (χ0v) is 30.8. The van der Waals surface area contributed by atoms with Gasteiger partial charge in [-0.15, -0.1) is 0 Å². The molecule has 0 amide bonds. The Labute approximate surface area is 329 Å². The van der Waals surface area contributed by atoms with Crippen LogP contribution in [0.15, 0.2) is 192 Å². The number of amidine groups is 1. The van der Waals surface area contributed by atoms with Crippen LogP contribution in [0.25, 0.3) is 55.6 Å². The fourth-order valence-corrected chi connectivity index (χ4v) is 9.24. The van der Waals surface area contributed by atoms with E-state index in [-0.39, 0.29) is 12.0 Å². The first-order valence-corrected chi connectivity index (χ1v) is 19.5. The van der Waals surface area contributed by atoms with Gasteiger partial charge in [0.05, 0.1) is 27.8 Å². The summed E-state index contributed by atoms with van der Waals surface area (Å²) in [5.41, 5.74) is 12.2. The van der Waals surface area contributed by atoms with Gasteiger partial charge in [-0.1, -0.05) is 140 Å². The molecule has 3 atom stereocenters. The zero-order chi connectivity index (χ0) is 37.5. The number of aliphatic imine (C=N–C) groups is 2. The van der Waals surface area contributed by atoms with Crippen LogP contribution in [0.4, 0.5) is 0 Å². The molecule has 0 saturated heterocycles. The largest absolute Gasteiger partial charge is 0.484 e. The minimum Gasteiger partial charge on any atom is -0.484 e. The molecule has 270 valence electrons. The highest BCUT2D eigenvalue weighted by Gasteiger charge is 2.42. The highest BCUT2D eigenvalue weighted by molar-refractivity contribution is 6.19. The maximum absolute atomic E-state index is 7.23. The fourth-order valence-electron chi connectivity index (χ4n) is 9.24. The first-order valence-electron chi connectivity index (χ1n) is 19.5. The highest BCUT2D eigenvalue weighted by Crippen LogP contribution is 2.54. The molecule has 3 aliphatic rings. The first-order chi connectivity index (χ1) is 28.3. The lowest BCUT2D eigenvalue weighted by Gasteiger charge is -2.25. The van der Waals surface area contributed by atoms with Crippen LogP contribution in [-0.2, 0) is 0 Å². The summed E-state index contributed by atoms with van der Waals surface area (Å²) in [7, 11) is 0. The van der Waals surface area contributed by atoms with Crippen LogP contribution < -0.4 is 10.1 Å². The number of ether oxygens (including phenoxy) is 1. The molecule has 6 nitrogen and oxygen atoms in total. The number of hydrogen-bond acceptors (Lipinski definition) is 4. The third-order valence-corrected chi connectivity index (χ3v) is 11.8. The van der Waals surface area contributed by atoms with Crippen LogP contribution >= 0.6 is 0 Å². The Kier molecular flexibility index (Phi) is 7.01. The molecule has 7 aromatic carbocycles. The quantitative estimate of drug-likeness (QED) is 0.196. The van der Waals surface area contributed by atoms with Crippen LogP contribution in [0.3, 0.4) is 0 Å². The molecular weight excluding hydrogens is 699 g/mol. The number of benzene rings is 7. The molecule has 0 fully saturated rings. The van der Waals surface area contributed by atoms with E-state index in [4.69, 9.17) is 14.7 Å². The second-order valence-electron chi connectivity index (χ2n) is 14.9. The molecule has 1 aliphatic carbocycles. The van der Waals surface area contributed by atoms with E-state index >= 15 is 0 Å². The molecule has 0 spiro atoms. The molecule has 0 radical (unpaired) electrons. The van der Waals surface area contributed by atoms with E-state index in [1.165, 1.54) is 27.2 Å². The monoisotopic (exact) mass is 733 g/mol. The molecule has 1 N–H and O–H groups in total. The van der Waals surface area contributed by atoms with Crippen LogP contribution in [0.1, 0.15) is 46.1 Å². The van der Waals surface area contributed by atoms with Crippen molar-refractivity contribution < 1.29 is 4.74 Å².